The minimum atomic E-state index is -1.70. The summed E-state index contributed by atoms with van der Waals surface area (Å²) >= 11 is 0. The molecule has 0 spiro atoms. The van der Waals surface area contributed by atoms with Gasteiger partial charge >= 0.3 is 0 Å². The quantitative estimate of drug-likeness (QED) is 0.456. The SMILES string of the molecule is CC(C)C(O)(C(C)C)[C@@H](O)[C@H](O)[C@@H](O)C=O. The smallest absolute Gasteiger partial charge is 0.151 e. The first-order valence-electron chi connectivity index (χ1n) is 5.41. The molecule has 0 radical (unpaired) electrons. The molecule has 0 rings (SSSR count). The van der Waals surface area contributed by atoms with Gasteiger partial charge < -0.3 is 25.2 Å². The molecule has 4 N–H and O–H groups in total. The Morgan fingerprint density at radius 1 is 1.00 bits per heavy atom. The third-order valence-corrected chi connectivity index (χ3v) is 3.14. The third kappa shape index (κ3) is 2.79. The van der Waals surface area contributed by atoms with Crippen LogP contribution in [0.5, 0.6) is 0 Å². The van der Waals surface area contributed by atoms with E-state index in [0.29, 0.717) is 0 Å². The number of carbonyl (C=O) groups is 1. The van der Waals surface area contributed by atoms with Crippen molar-refractivity contribution in [1.29, 1.82) is 0 Å². The van der Waals surface area contributed by atoms with E-state index in [2.05, 4.69) is 0 Å². The van der Waals surface area contributed by atoms with E-state index in [4.69, 9.17) is 5.11 Å². The van der Waals surface area contributed by atoms with E-state index in [1.54, 1.807) is 27.7 Å². The molecule has 0 aromatic rings. The lowest BCUT2D eigenvalue weighted by Gasteiger charge is -2.42. The monoisotopic (exact) mass is 234 g/mol. The Labute approximate surface area is 95.7 Å². The van der Waals surface area contributed by atoms with Crippen LogP contribution in [0.4, 0.5) is 0 Å². The maximum absolute atomic E-state index is 10.3. The topological polar surface area (TPSA) is 98.0 Å². The Balaban J connectivity index is 5.02. The Morgan fingerprint density at radius 2 is 1.38 bits per heavy atom. The highest BCUT2D eigenvalue weighted by atomic mass is 16.4. The maximum Gasteiger partial charge on any atom is 0.151 e. The molecule has 0 aromatic heterocycles. The Bertz CT molecular complexity index is 218. The number of aldehydes is 1. The third-order valence-electron chi connectivity index (χ3n) is 3.14. The predicted molar refractivity (Wildman–Crippen MR) is 58.7 cm³/mol. The van der Waals surface area contributed by atoms with Crippen LogP contribution in [0.2, 0.25) is 0 Å². The molecule has 96 valence electrons. The molecule has 0 saturated carbocycles. The standard InChI is InChI=1S/C11H22O5/c1-6(2)11(16,7(3)4)10(15)9(14)8(13)5-12/h5-10,13-16H,1-4H3/t8-,9+,10-/m0/s1. The highest BCUT2D eigenvalue weighted by Crippen LogP contribution is 2.31. The van der Waals surface area contributed by atoms with Crippen molar-refractivity contribution in [3.63, 3.8) is 0 Å². The molecule has 0 aliphatic heterocycles. The molecule has 0 heterocycles. The summed E-state index contributed by atoms with van der Waals surface area (Å²) in [6, 6.07) is 0. The highest BCUT2D eigenvalue weighted by Gasteiger charge is 2.46. The van der Waals surface area contributed by atoms with Crippen LogP contribution in [-0.4, -0.2) is 50.6 Å². The van der Waals surface area contributed by atoms with Gasteiger partial charge in [0.15, 0.2) is 6.29 Å². The van der Waals surface area contributed by atoms with Gasteiger partial charge in [-0.15, -0.1) is 0 Å². The zero-order valence-electron chi connectivity index (χ0n) is 10.2. The molecular weight excluding hydrogens is 212 g/mol. The number of hydrogen-bond acceptors (Lipinski definition) is 5. The van der Waals surface area contributed by atoms with Gasteiger partial charge in [0, 0.05) is 0 Å². The van der Waals surface area contributed by atoms with Gasteiger partial charge in [-0.25, -0.2) is 0 Å². The summed E-state index contributed by atoms with van der Waals surface area (Å²) in [7, 11) is 0. The first-order valence-corrected chi connectivity index (χ1v) is 5.41. The van der Waals surface area contributed by atoms with Crippen LogP contribution in [0.1, 0.15) is 27.7 Å². The zero-order valence-corrected chi connectivity index (χ0v) is 10.2. The van der Waals surface area contributed by atoms with Crippen LogP contribution in [-0.2, 0) is 4.79 Å². The fourth-order valence-corrected chi connectivity index (χ4v) is 1.89. The van der Waals surface area contributed by atoms with Crippen LogP contribution in [0.3, 0.4) is 0 Å². The van der Waals surface area contributed by atoms with Crippen molar-refractivity contribution >= 4 is 6.29 Å². The van der Waals surface area contributed by atoms with Gasteiger partial charge in [0.1, 0.15) is 18.3 Å². The van der Waals surface area contributed by atoms with Crippen molar-refractivity contribution in [2.45, 2.75) is 51.6 Å². The van der Waals surface area contributed by atoms with Gasteiger partial charge in [0.05, 0.1) is 5.60 Å². The van der Waals surface area contributed by atoms with Crippen molar-refractivity contribution < 1.29 is 25.2 Å². The second-order valence-corrected chi connectivity index (χ2v) is 4.76. The van der Waals surface area contributed by atoms with E-state index in [1.807, 2.05) is 0 Å². The van der Waals surface area contributed by atoms with Gasteiger partial charge in [0.2, 0.25) is 0 Å². The fraction of sp³-hybridized carbons (Fsp3) is 0.909. The van der Waals surface area contributed by atoms with E-state index in [0.717, 1.165) is 0 Å². The molecule has 0 saturated heterocycles. The van der Waals surface area contributed by atoms with Crippen LogP contribution < -0.4 is 0 Å². The van der Waals surface area contributed by atoms with E-state index in [9.17, 15) is 20.1 Å². The predicted octanol–water partition coefficient (Wildman–Crippen LogP) is -0.689. The van der Waals surface area contributed by atoms with Crippen molar-refractivity contribution in [2.75, 3.05) is 0 Å². The number of hydrogen-bond donors (Lipinski definition) is 4. The number of aliphatic hydroxyl groups is 4. The Hall–Kier alpha value is -0.490. The highest BCUT2D eigenvalue weighted by molar-refractivity contribution is 5.56. The molecule has 0 amide bonds. The minimum Gasteiger partial charge on any atom is -0.387 e. The molecule has 0 bridgehead atoms. The number of aliphatic hydroxyl groups excluding tert-OH is 3. The van der Waals surface area contributed by atoms with Gasteiger partial charge in [0.25, 0.3) is 0 Å². The van der Waals surface area contributed by atoms with Crippen LogP contribution in [0.25, 0.3) is 0 Å². The normalized spacial score (nSPS) is 18.6. The van der Waals surface area contributed by atoms with E-state index < -0.39 is 23.9 Å². The largest absolute Gasteiger partial charge is 0.387 e. The molecule has 0 aromatic carbocycles. The van der Waals surface area contributed by atoms with Crippen molar-refractivity contribution in [2.24, 2.45) is 11.8 Å². The van der Waals surface area contributed by atoms with Crippen LogP contribution in [0.15, 0.2) is 0 Å². The van der Waals surface area contributed by atoms with Gasteiger partial charge in [-0.1, -0.05) is 27.7 Å². The summed E-state index contributed by atoms with van der Waals surface area (Å²) < 4.78 is 0. The zero-order chi connectivity index (χ0) is 13.1. The second kappa shape index (κ2) is 5.72. The average molecular weight is 234 g/mol. The summed E-state index contributed by atoms with van der Waals surface area (Å²) in [4.78, 5) is 10.3. The number of rotatable bonds is 6. The molecule has 0 aliphatic rings. The fourth-order valence-electron chi connectivity index (χ4n) is 1.89. The molecule has 5 heteroatoms. The lowest BCUT2D eigenvalue weighted by Crippen LogP contribution is -2.58. The lowest BCUT2D eigenvalue weighted by atomic mass is 9.74. The molecular formula is C11H22O5. The Kier molecular flexibility index (Phi) is 5.55. The minimum absolute atomic E-state index is 0.134. The van der Waals surface area contributed by atoms with Gasteiger partial charge in [-0.3, -0.25) is 0 Å². The molecule has 16 heavy (non-hydrogen) atoms. The second-order valence-electron chi connectivity index (χ2n) is 4.76. The van der Waals surface area contributed by atoms with Crippen LogP contribution >= 0.6 is 0 Å². The first kappa shape index (κ1) is 15.5. The van der Waals surface area contributed by atoms with Gasteiger partial charge in [-0.2, -0.15) is 0 Å². The number of carbonyl (C=O) groups excluding carboxylic acids is 1. The van der Waals surface area contributed by atoms with E-state index in [-0.39, 0.29) is 18.1 Å². The molecule has 5 nitrogen and oxygen atoms in total. The van der Waals surface area contributed by atoms with E-state index >= 15 is 0 Å². The van der Waals surface area contributed by atoms with Crippen LogP contribution in [0, 0.1) is 11.8 Å². The molecule has 0 unspecified atom stereocenters. The van der Waals surface area contributed by atoms with E-state index in [1.165, 1.54) is 0 Å². The molecule has 3 atom stereocenters. The summed E-state index contributed by atoms with van der Waals surface area (Å²) in [5, 5.41) is 38.8. The molecule has 0 aliphatic carbocycles. The maximum atomic E-state index is 10.3. The summed E-state index contributed by atoms with van der Waals surface area (Å²) in [5.41, 5.74) is -1.55. The van der Waals surface area contributed by atoms with Gasteiger partial charge in [-0.05, 0) is 11.8 Å². The Morgan fingerprint density at radius 3 is 1.62 bits per heavy atom. The van der Waals surface area contributed by atoms with Crippen molar-refractivity contribution in [1.82, 2.24) is 0 Å². The lowest BCUT2D eigenvalue weighted by molar-refractivity contribution is -0.188. The average Bonchev–Trinajstić information content (AvgIpc) is 2.23. The molecule has 0 fully saturated rings. The summed E-state index contributed by atoms with van der Waals surface area (Å²) in [6.45, 7) is 6.79. The summed E-state index contributed by atoms with van der Waals surface area (Å²) in [5.74, 6) is -0.646. The van der Waals surface area contributed by atoms with Crippen molar-refractivity contribution in [3.8, 4) is 0 Å². The first-order chi connectivity index (χ1) is 7.19. The summed E-state index contributed by atoms with van der Waals surface area (Å²) in [6.07, 6.45) is -4.83. The van der Waals surface area contributed by atoms with Crippen molar-refractivity contribution in [3.05, 3.63) is 0 Å².